The van der Waals surface area contributed by atoms with E-state index in [1.165, 1.54) is 5.56 Å². The number of benzene rings is 1. The molecule has 4 rings (SSSR count). The van der Waals surface area contributed by atoms with E-state index in [-0.39, 0.29) is 11.8 Å². The second-order valence-electron chi connectivity index (χ2n) is 7.49. The van der Waals surface area contributed by atoms with Crippen LogP contribution in [-0.4, -0.2) is 46.4 Å². The summed E-state index contributed by atoms with van der Waals surface area (Å²) in [6.45, 7) is 4.13. The molecule has 1 fully saturated rings. The highest BCUT2D eigenvalue weighted by molar-refractivity contribution is 5.94. The number of amides is 2. The number of carbonyl (C=O) groups is 2. The van der Waals surface area contributed by atoms with Gasteiger partial charge in [0.2, 0.25) is 5.91 Å². The molecule has 1 aromatic heterocycles. The van der Waals surface area contributed by atoms with Crippen LogP contribution >= 0.6 is 0 Å². The molecule has 0 saturated carbocycles. The van der Waals surface area contributed by atoms with Crippen molar-refractivity contribution < 1.29 is 14.1 Å². The van der Waals surface area contributed by atoms with Gasteiger partial charge in [0, 0.05) is 44.6 Å². The van der Waals surface area contributed by atoms with E-state index in [2.05, 4.69) is 11.2 Å². The van der Waals surface area contributed by atoms with Crippen LogP contribution in [-0.2, 0) is 24.2 Å². The summed E-state index contributed by atoms with van der Waals surface area (Å²) in [5, 5.41) is 4.05. The molecule has 1 aliphatic heterocycles. The molecule has 2 amide bonds. The van der Waals surface area contributed by atoms with Crippen LogP contribution in [0.3, 0.4) is 0 Å². The average Bonchev–Trinajstić information content (AvgIpc) is 3.02. The van der Waals surface area contributed by atoms with E-state index >= 15 is 0 Å². The third-order valence-electron chi connectivity index (χ3n) is 5.48. The number of aromatic nitrogens is 1. The first-order valence-corrected chi connectivity index (χ1v) is 9.72. The van der Waals surface area contributed by atoms with Crippen LogP contribution in [0.25, 0.3) is 0 Å². The van der Waals surface area contributed by atoms with Crippen LogP contribution in [0, 0.1) is 6.92 Å². The molecule has 1 aromatic carbocycles. The van der Waals surface area contributed by atoms with Crippen molar-refractivity contribution in [3.8, 4) is 0 Å². The van der Waals surface area contributed by atoms with E-state index < -0.39 is 0 Å². The molecule has 2 heterocycles. The summed E-state index contributed by atoms with van der Waals surface area (Å²) < 4.78 is 5.39. The van der Waals surface area contributed by atoms with Crippen molar-refractivity contribution in [2.75, 3.05) is 19.6 Å². The van der Waals surface area contributed by atoms with Crippen molar-refractivity contribution in [1.29, 1.82) is 0 Å². The number of hydrogen-bond acceptors (Lipinski definition) is 4. The molecule has 6 heteroatoms. The van der Waals surface area contributed by atoms with Crippen molar-refractivity contribution in [3.63, 3.8) is 0 Å². The lowest BCUT2D eigenvalue weighted by Gasteiger charge is -2.22. The molecule has 0 spiro atoms. The van der Waals surface area contributed by atoms with E-state index in [9.17, 15) is 9.59 Å². The van der Waals surface area contributed by atoms with Crippen LogP contribution in [0.15, 0.2) is 28.8 Å². The Labute approximate surface area is 159 Å². The molecule has 0 atom stereocenters. The van der Waals surface area contributed by atoms with Gasteiger partial charge in [0.15, 0.2) is 5.69 Å². The fourth-order valence-electron chi connectivity index (χ4n) is 3.97. The molecule has 27 heavy (non-hydrogen) atoms. The summed E-state index contributed by atoms with van der Waals surface area (Å²) in [6.07, 6.45) is 4.21. The van der Waals surface area contributed by atoms with E-state index in [1.807, 2.05) is 30.0 Å². The third-order valence-corrected chi connectivity index (χ3v) is 5.48. The third kappa shape index (κ3) is 3.75. The van der Waals surface area contributed by atoms with Gasteiger partial charge in [0.1, 0.15) is 5.76 Å². The Hall–Kier alpha value is -2.63. The van der Waals surface area contributed by atoms with Crippen LogP contribution < -0.4 is 0 Å². The zero-order valence-electron chi connectivity index (χ0n) is 15.7. The Bertz CT molecular complexity index is 858. The Balaban J connectivity index is 1.45. The van der Waals surface area contributed by atoms with Gasteiger partial charge >= 0.3 is 0 Å². The molecule has 1 aliphatic carbocycles. The summed E-state index contributed by atoms with van der Waals surface area (Å²) in [5.41, 5.74) is 3.72. The molecule has 0 N–H and O–H groups in total. The van der Waals surface area contributed by atoms with Gasteiger partial charge in [-0.1, -0.05) is 35.0 Å². The Morgan fingerprint density at radius 1 is 1.15 bits per heavy atom. The highest BCUT2D eigenvalue weighted by Crippen LogP contribution is 2.25. The Morgan fingerprint density at radius 2 is 2.00 bits per heavy atom. The SMILES string of the molecule is Cc1cccc(CN2CCN(C(=O)c3noc4c3CCCC4)CCC2=O)c1. The van der Waals surface area contributed by atoms with Crippen molar-refractivity contribution in [1.82, 2.24) is 15.0 Å². The van der Waals surface area contributed by atoms with Crippen LogP contribution in [0.1, 0.15) is 52.2 Å². The van der Waals surface area contributed by atoms with Crippen molar-refractivity contribution in [3.05, 3.63) is 52.4 Å². The van der Waals surface area contributed by atoms with Gasteiger partial charge in [-0.2, -0.15) is 0 Å². The van der Waals surface area contributed by atoms with E-state index in [1.54, 1.807) is 4.90 Å². The number of hydrogen-bond donors (Lipinski definition) is 0. The molecular formula is C21H25N3O3. The molecule has 0 bridgehead atoms. The fraction of sp³-hybridized carbons (Fsp3) is 0.476. The molecule has 0 radical (unpaired) electrons. The van der Waals surface area contributed by atoms with Gasteiger partial charge in [-0.15, -0.1) is 0 Å². The standard InChI is InChI=1S/C21H25N3O3/c1-15-5-4-6-16(13-15)14-24-12-11-23(10-9-19(24)25)21(26)20-17-7-2-3-8-18(17)27-22-20/h4-6,13H,2-3,7-12,14H2,1H3. The molecule has 2 aliphatic rings. The van der Waals surface area contributed by atoms with Crippen LogP contribution in [0.5, 0.6) is 0 Å². The first-order valence-electron chi connectivity index (χ1n) is 9.72. The minimum Gasteiger partial charge on any atom is -0.360 e. The molecule has 142 valence electrons. The maximum Gasteiger partial charge on any atom is 0.276 e. The zero-order valence-corrected chi connectivity index (χ0v) is 15.7. The van der Waals surface area contributed by atoms with Crippen molar-refractivity contribution in [2.24, 2.45) is 0 Å². The van der Waals surface area contributed by atoms with Gasteiger partial charge < -0.3 is 14.3 Å². The maximum absolute atomic E-state index is 13.0. The number of rotatable bonds is 3. The van der Waals surface area contributed by atoms with Gasteiger partial charge in [-0.05, 0) is 31.7 Å². The summed E-state index contributed by atoms with van der Waals surface area (Å²) in [7, 11) is 0. The lowest BCUT2D eigenvalue weighted by atomic mass is 9.96. The predicted octanol–water partition coefficient (Wildman–Crippen LogP) is 2.74. The maximum atomic E-state index is 13.0. The number of nitrogens with zero attached hydrogens (tertiary/aromatic N) is 3. The summed E-state index contributed by atoms with van der Waals surface area (Å²) in [4.78, 5) is 29.1. The van der Waals surface area contributed by atoms with Gasteiger partial charge in [0.05, 0.1) is 0 Å². The van der Waals surface area contributed by atoms with Gasteiger partial charge in [0.25, 0.3) is 5.91 Å². The Morgan fingerprint density at radius 3 is 2.85 bits per heavy atom. The average molecular weight is 367 g/mol. The van der Waals surface area contributed by atoms with E-state index in [4.69, 9.17) is 4.52 Å². The minimum atomic E-state index is -0.105. The van der Waals surface area contributed by atoms with Crippen LogP contribution in [0.4, 0.5) is 0 Å². The highest BCUT2D eigenvalue weighted by Gasteiger charge is 2.30. The number of aryl methyl sites for hydroxylation is 2. The molecule has 0 unspecified atom stereocenters. The fourth-order valence-corrected chi connectivity index (χ4v) is 3.97. The number of carbonyl (C=O) groups excluding carboxylic acids is 2. The van der Waals surface area contributed by atoms with Gasteiger partial charge in [-0.25, -0.2) is 0 Å². The lowest BCUT2D eigenvalue weighted by molar-refractivity contribution is -0.130. The molecule has 1 saturated heterocycles. The van der Waals surface area contributed by atoms with E-state index in [0.29, 0.717) is 38.3 Å². The monoisotopic (exact) mass is 367 g/mol. The molecule has 2 aromatic rings. The second kappa shape index (κ2) is 7.55. The first kappa shape index (κ1) is 17.8. The quantitative estimate of drug-likeness (QED) is 0.837. The highest BCUT2D eigenvalue weighted by atomic mass is 16.5. The van der Waals surface area contributed by atoms with Crippen molar-refractivity contribution >= 4 is 11.8 Å². The van der Waals surface area contributed by atoms with Crippen molar-refractivity contribution in [2.45, 2.75) is 45.6 Å². The van der Waals surface area contributed by atoms with Gasteiger partial charge in [-0.3, -0.25) is 9.59 Å². The summed E-state index contributed by atoms with van der Waals surface area (Å²) in [6, 6.07) is 8.20. The Kier molecular flexibility index (Phi) is 4.97. The second-order valence-corrected chi connectivity index (χ2v) is 7.49. The molecule has 6 nitrogen and oxygen atoms in total. The van der Waals surface area contributed by atoms with E-state index in [0.717, 1.165) is 42.6 Å². The smallest absolute Gasteiger partial charge is 0.276 e. The zero-order chi connectivity index (χ0) is 18.8. The minimum absolute atomic E-state index is 0.0917. The first-order chi connectivity index (χ1) is 13.1. The summed E-state index contributed by atoms with van der Waals surface area (Å²) in [5.74, 6) is 0.845. The predicted molar refractivity (Wildman–Crippen MR) is 100 cm³/mol. The van der Waals surface area contributed by atoms with Crippen LogP contribution in [0.2, 0.25) is 0 Å². The lowest BCUT2D eigenvalue weighted by Crippen LogP contribution is -2.36. The summed E-state index contributed by atoms with van der Waals surface area (Å²) >= 11 is 0. The number of fused-ring (bicyclic) bond motifs is 1. The topological polar surface area (TPSA) is 66.7 Å². The molecular weight excluding hydrogens is 342 g/mol. The largest absolute Gasteiger partial charge is 0.360 e. The normalized spacial score (nSPS) is 17.6.